The van der Waals surface area contributed by atoms with Crippen LogP contribution in [0.3, 0.4) is 0 Å². The topological polar surface area (TPSA) is 128 Å². The first-order chi connectivity index (χ1) is 12.6. The fraction of sp³-hybridized carbons (Fsp3) is 0.235. The summed E-state index contributed by atoms with van der Waals surface area (Å²) in [6.45, 7) is 5.10. The Labute approximate surface area is 154 Å². The van der Waals surface area contributed by atoms with Crippen LogP contribution in [0.5, 0.6) is 0 Å². The molecule has 0 aliphatic rings. The van der Waals surface area contributed by atoms with Gasteiger partial charge in [-0.15, -0.1) is 0 Å². The van der Waals surface area contributed by atoms with Gasteiger partial charge in [0.25, 0.3) is 11.4 Å². The summed E-state index contributed by atoms with van der Waals surface area (Å²) in [4.78, 5) is 33.0. The lowest BCUT2D eigenvalue weighted by Crippen LogP contribution is -2.40. The molecule has 0 saturated heterocycles. The number of rotatable bonds is 5. The van der Waals surface area contributed by atoms with E-state index in [-0.39, 0.29) is 11.4 Å². The highest BCUT2D eigenvalue weighted by Gasteiger charge is 2.24. The van der Waals surface area contributed by atoms with Crippen molar-refractivity contribution in [2.24, 2.45) is 0 Å². The molecule has 2 rings (SSSR count). The third-order valence-electron chi connectivity index (χ3n) is 3.21. The molecule has 0 bridgehead atoms. The average molecular weight is 374 g/mol. The predicted octanol–water partition coefficient (Wildman–Crippen LogP) is 4.27. The molecule has 0 saturated carbocycles. The Morgan fingerprint density at radius 1 is 0.926 bits per heavy atom. The molecule has 10 nitrogen and oxygen atoms in total. The fourth-order valence-corrected chi connectivity index (χ4v) is 2.03. The van der Waals surface area contributed by atoms with Crippen molar-refractivity contribution in [3.8, 4) is 0 Å². The first-order valence-electron chi connectivity index (χ1n) is 7.85. The number of anilines is 2. The van der Waals surface area contributed by atoms with Gasteiger partial charge >= 0.3 is 6.09 Å². The number of nitro benzene ring substituents is 2. The summed E-state index contributed by atoms with van der Waals surface area (Å²) in [6.07, 6.45) is -0.741. The minimum absolute atomic E-state index is 0.0975. The molecule has 27 heavy (non-hydrogen) atoms. The molecule has 142 valence electrons. The Hall–Kier alpha value is -3.69. The molecular weight excluding hydrogens is 356 g/mol. The van der Waals surface area contributed by atoms with Gasteiger partial charge in [0.05, 0.1) is 21.2 Å². The van der Waals surface area contributed by atoms with Gasteiger partial charge in [-0.25, -0.2) is 4.79 Å². The van der Waals surface area contributed by atoms with Crippen LogP contribution in [0.1, 0.15) is 20.8 Å². The Kier molecular flexibility index (Phi) is 5.59. The van der Waals surface area contributed by atoms with Gasteiger partial charge in [-0.3, -0.25) is 25.7 Å². The number of ether oxygens (including phenoxy) is 1. The maximum absolute atomic E-state index is 12.6. The SMILES string of the molecule is CC(C)(C)OC(=O)N(Nc1ccc([N+](=O)[O-])cc1)c1ccc([N+](=O)[O-])cc1. The first kappa shape index (κ1) is 19.6. The van der Waals surface area contributed by atoms with Gasteiger partial charge in [-0.1, -0.05) is 0 Å². The van der Waals surface area contributed by atoms with Crippen molar-refractivity contribution < 1.29 is 19.4 Å². The van der Waals surface area contributed by atoms with E-state index in [4.69, 9.17) is 4.74 Å². The van der Waals surface area contributed by atoms with E-state index in [9.17, 15) is 25.0 Å². The number of nitro groups is 2. The third-order valence-corrected chi connectivity index (χ3v) is 3.21. The fourth-order valence-electron chi connectivity index (χ4n) is 2.03. The average Bonchev–Trinajstić information content (AvgIpc) is 2.58. The van der Waals surface area contributed by atoms with Crippen molar-refractivity contribution in [1.29, 1.82) is 0 Å². The zero-order chi connectivity index (χ0) is 20.2. The monoisotopic (exact) mass is 374 g/mol. The lowest BCUT2D eigenvalue weighted by molar-refractivity contribution is -0.385. The molecule has 0 spiro atoms. The minimum Gasteiger partial charge on any atom is -0.442 e. The quantitative estimate of drug-likeness (QED) is 0.611. The Morgan fingerprint density at radius 2 is 1.37 bits per heavy atom. The van der Waals surface area contributed by atoms with Gasteiger partial charge in [0.15, 0.2) is 0 Å². The summed E-state index contributed by atoms with van der Waals surface area (Å²) in [6, 6.07) is 10.7. The van der Waals surface area contributed by atoms with E-state index in [0.717, 1.165) is 5.01 Å². The first-order valence-corrected chi connectivity index (χ1v) is 7.85. The van der Waals surface area contributed by atoms with Crippen molar-refractivity contribution in [3.05, 3.63) is 68.8 Å². The molecule has 10 heteroatoms. The van der Waals surface area contributed by atoms with Crippen molar-refractivity contribution in [3.63, 3.8) is 0 Å². The summed E-state index contributed by atoms with van der Waals surface area (Å²) in [5.74, 6) is 0. The summed E-state index contributed by atoms with van der Waals surface area (Å²) in [7, 11) is 0. The summed E-state index contributed by atoms with van der Waals surface area (Å²) in [5.41, 5.74) is 2.50. The lowest BCUT2D eigenvalue weighted by Gasteiger charge is -2.28. The molecular formula is C17H18N4O6. The molecule has 0 fully saturated rings. The number of amides is 1. The van der Waals surface area contributed by atoms with E-state index in [0.29, 0.717) is 11.4 Å². The largest absolute Gasteiger partial charge is 0.442 e. The van der Waals surface area contributed by atoms with E-state index in [2.05, 4.69) is 5.43 Å². The number of hydrogen-bond acceptors (Lipinski definition) is 7. The minimum atomic E-state index is -0.771. The molecule has 2 aromatic rings. The maximum atomic E-state index is 12.6. The van der Waals surface area contributed by atoms with E-state index in [1.54, 1.807) is 20.8 Å². The summed E-state index contributed by atoms with van der Waals surface area (Å²) < 4.78 is 5.35. The van der Waals surface area contributed by atoms with Crippen LogP contribution >= 0.6 is 0 Å². The van der Waals surface area contributed by atoms with E-state index in [1.807, 2.05) is 0 Å². The third kappa shape index (κ3) is 5.39. The number of carbonyl (C=O) groups is 1. The van der Waals surface area contributed by atoms with Crippen LogP contribution in [0.4, 0.5) is 27.5 Å². The van der Waals surface area contributed by atoms with E-state index >= 15 is 0 Å². The number of carbonyl (C=O) groups excluding carboxylic acids is 1. The van der Waals surface area contributed by atoms with Crippen molar-refractivity contribution in [2.75, 3.05) is 10.4 Å². The van der Waals surface area contributed by atoms with Gasteiger partial charge in [-0.2, -0.15) is 5.01 Å². The number of hydrazine groups is 1. The molecule has 0 radical (unpaired) electrons. The zero-order valence-electron chi connectivity index (χ0n) is 14.9. The Morgan fingerprint density at radius 3 is 1.78 bits per heavy atom. The second-order valence-corrected chi connectivity index (χ2v) is 6.51. The maximum Gasteiger partial charge on any atom is 0.433 e. The molecule has 0 aliphatic carbocycles. The van der Waals surface area contributed by atoms with Crippen molar-refractivity contribution >= 4 is 28.8 Å². The van der Waals surface area contributed by atoms with Crippen molar-refractivity contribution in [2.45, 2.75) is 26.4 Å². The highest BCUT2D eigenvalue weighted by Crippen LogP contribution is 2.24. The van der Waals surface area contributed by atoms with Crippen LogP contribution in [0.2, 0.25) is 0 Å². The molecule has 0 aromatic heterocycles. The standard InChI is InChI=1S/C17H18N4O6/c1-17(2,3)27-16(22)19(13-8-10-15(11-9-13)21(25)26)18-12-4-6-14(7-5-12)20(23)24/h4-11,18H,1-3H3. The van der Waals surface area contributed by atoms with Gasteiger partial charge in [0, 0.05) is 24.3 Å². The van der Waals surface area contributed by atoms with Crippen molar-refractivity contribution in [1.82, 2.24) is 0 Å². The molecule has 0 atom stereocenters. The molecule has 1 N–H and O–H groups in total. The second kappa shape index (κ2) is 7.68. The zero-order valence-corrected chi connectivity index (χ0v) is 14.9. The second-order valence-electron chi connectivity index (χ2n) is 6.51. The van der Waals surface area contributed by atoms with Gasteiger partial charge in [0.1, 0.15) is 5.60 Å². The number of nitrogens with one attached hydrogen (secondary N) is 1. The number of non-ortho nitro benzene ring substituents is 2. The highest BCUT2D eigenvalue weighted by molar-refractivity contribution is 5.90. The molecule has 0 heterocycles. The van der Waals surface area contributed by atoms with Gasteiger partial charge in [-0.05, 0) is 45.0 Å². The van der Waals surface area contributed by atoms with E-state index in [1.165, 1.54) is 48.5 Å². The van der Waals surface area contributed by atoms with Crippen LogP contribution in [-0.4, -0.2) is 21.5 Å². The molecule has 2 aromatic carbocycles. The van der Waals surface area contributed by atoms with Crippen LogP contribution in [0, 0.1) is 20.2 Å². The molecule has 1 amide bonds. The van der Waals surface area contributed by atoms with E-state index < -0.39 is 21.5 Å². The Balaban J connectivity index is 2.32. The van der Waals surface area contributed by atoms with Crippen LogP contribution in [0.15, 0.2) is 48.5 Å². The highest BCUT2D eigenvalue weighted by atomic mass is 16.6. The lowest BCUT2D eigenvalue weighted by atomic mass is 10.2. The van der Waals surface area contributed by atoms with Gasteiger partial charge in [0.2, 0.25) is 0 Å². The van der Waals surface area contributed by atoms with Crippen LogP contribution in [-0.2, 0) is 4.74 Å². The smallest absolute Gasteiger partial charge is 0.433 e. The van der Waals surface area contributed by atoms with Gasteiger partial charge < -0.3 is 4.74 Å². The molecule has 0 unspecified atom stereocenters. The number of nitrogens with zero attached hydrogens (tertiary/aromatic N) is 3. The number of benzene rings is 2. The summed E-state index contributed by atoms with van der Waals surface area (Å²) >= 11 is 0. The normalized spacial score (nSPS) is 10.8. The molecule has 0 aliphatic heterocycles. The van der Waals surface area contributed by atoms with Crippen LogP contribution < -0.4 is 10.4 Å². The van der Waals surface area contributed by atoms with Crippen LogP contribution in [0.25, 0.3) is 0 Å². The predicted molar refractivity (Wildman–Crippen MR) is 98.5 cm³/mol. The Bertz CT molecular complexity index is 843. The number of hydrogen-bond donors (Lipinski definition) is 1. The summed E-state index contributed by atoms with van der Waals surface area (Å²) in [5, 5.41) is 22.6.